The first-order valence-electron chi connectivity index (χ1n) is 12.3. The molecule has 0 aliphatic heterocycles. The summed E-state index contributed by atoms with van der Waals surface area (Å²) in [7, 11) is -4.34. The van der Waals surface area contributed by atoms with Crippen molar-refractivity contribution in [3.8, 4) is 0 Å². The molecule has 5 nitrogen and oxygen atoms in total. The van der Waals surface area contributed by atoms with Crippen molar-refractivity contribution < 1.29 is 48.8 Å². The molecule has 0 unspecified atom stereocenters. The highest BCUT2D eigenvalue weighted by Crippen LogP contribution is 2.39. The lowest BCUT2D eigenvalue weighted by atomic mass is 9.87. The van der Waals surface area contributed by atoms with Crippen LogP contribution >= 0.6 is 0 Å². The quantitative estimate of drug-likeness (QED) is 0.143. The van der Waals surface area contributed by atoms with Gasteiger partial charge in [0.2, 0.25) is 0 Å². The molecule has 3 aromatic rings. The molecule has 0 saturated heterocycles. The summed E-state index contributed by atoms with van der Waals surface area (Å²) in [4.78, 5) is -0.167. The number of ether oxygens (including phenoxy) is 1. The molecular formula is C29H28F6O5S. The van der Waals surface area contributed by atoms with Crippen LogP contribution in [0.4, 0.5) is 26.3 Å². The molecule has 0 aliphatic carbocycles. The summed E-state index contributed by atoms with van der Waals surface area (Å²) >= 11 is 0. The zero-order valence-corrected chi connectivity index (χ0v) is 22.9. The third-order valence-electron chi connectivity index (χ3n) is 6.33. The van der Waals surface area contributed by atoms with Crippen molar-refractivity contribution in [1.82, 2.24) is 0 Å². The average molecular weight is 603 g/mol. The van der Waals surface area contributed by atoms with Crippen LogP contribution in [0.15, 0.2) is 89.8 Å². The highest BCUT2D eigenvalue weighted by atomic mass is 32.2. The Morgan fingerprint density at radius 3 is 1.90 bits per heavy atom. The van der Waals surface area contributed by atoms with Gasteiger partial charge in [0.15, 0.2) is 0 Å². The molecule has 0 saturated carbocycles. The van der Waals surface area contributed by atoms with Crippen LogP contribution in [0.1, 0.15) is 46.8 Å². The molecule has 3 atom stereocenters. The number of hydrogen-bond acceptors (Lipinski definition) is 5. The summed E-state index contributed by atoms with van der Waals surface area (Å²) in [5.41, 5.74) is -2.04. The molecular weight excluding hydrogens is 574 g/mol. The van der Waals surface area contributed by atoms with Crippen molar-refractivity contribution in [2.45, 2.75) is 49.2 Å². The molecule has 1 N–H and O–H groups in total. The summed E-state index contributed by atoms with van der Waals surface area (Å²) < 4.78 is 118. The topological polar surface area (TPSA) is 72.8 Å². The second kappa shape index (κ2) is 12.8. The Morgan fingerprint density at radius 1 is 0.878 bits per heavy atom. The Bertz CT molecular complexity index is 1400. The van der Waals surface area contributed by atoms with E-state index >= 15 is 0 Å². The Morgan fingerprint density at radius 2 is 1.41 bits per heavy atom. The van der Waals surface area contributed by atoms with Gasteiger partial charge >= 0.3 is 12.4 Å². The molecule has 3 rings (SSSR count). The molecule has 0 radical (unpaired) electrons. The van der Waals surface area contributed by atoms with Crippen LogP contribution in [-0.4, -0.2) is 32.8 Å². The van der Waals surface area contributed by atoms with E-state index in [9.17, 15) is 39.9 Å². The minimum atomic E-state index is -5.07. The third-order valence-corrected chi connectivity index (χ3v) is 7.62. The van der Waals surface area contributed by atoms with Crippen molar-refractivity contribution in [3.63, 3.8) is 0 Å². The number of aliphatic hydroxyl groups excluding tert-OH is 1. The fraction of sp³-hybridized carbons (Fsp3) is 0.310. The van der Waals surface area contributed by atoms with Gasteiger partial charge in [-0.3, -0.25) is 4.18 Å². The first-order valence-corrected chi connectivity index (χ1v) is 13.7. The minimum absolute atomic E-state index is 0.00530. The second-order valence-electron chi connectivity index (χ2n) is 9.41. The van der Waals surface area contributed by atoms with Crippen molar-refractivity contribution in [2.24, 2.45) is 0 Å². The van der Waals surface area contributed by atoms with E-state index in [2.05, 4.69) is 6.58 Å². The van der Waals surface area contributed by atoms with Crippen LogP contribution in [0.3, 0.4) is 0 Å². The average Bonchev–Trinajstić information content (AvgIpc) is 2.91. The monoisotopic (exact) mass is 602 g/mol. The maximum atomic E-state index is 13.5. The normalized spacial score (nSPS) is 14.9. The molecule has 0 aliphatic rings. The molecule has 0 amide bonds. The fourth-order valence-corrected chi connectivity index (χ4v) is 5.09. The predicted octanol–water partition coefficient (Wildman–Crippen LogP) is 7.22. The summed E-state index contributed by atoms with van der Waals surface area (Å²) in [6, 6.07) is 15.1. The Hall–Kier alpha value is -3.19. The van der Waals surface area contributed by atoms with Gasteiger partial charge in [0.1, 0.15) is 0 Å². The smallest absolute Gasteiger partial charge is 0.392 e. The van der Waals surface area contributed by atoms with Crippen molar-refractivity contribution in [1.29, 1.82) is 0 Å². The van der Waals surface area contributed by atoms with Gasteiger partial charge in [0, 0.05) is 5.92 Å². The Kier molecular flexibility index (Phi) is 10.1. The first kappa shape index (κ1) is 32.3. The fourth-order valence-electron chi connectivity index (χ4n) is 4.17. The minimum Gasteiger partial charge on any atom is -0.392 e. The Balaban J connectivity index is 2.04. The molecule has 0 bridgehead atoms. The first-order chi connectivity index (χ1) is 19.0. The number of aliphatic hydroxyl groups is 1. The molecule has 12 heteroatoms. The van der Waals surface area contributed by atoms with Crippen LogP contribution in [0.5, 0.6) is 0 Å². The molecule has 0 aromatic heterocycles. The van der Waals surface area contributed by atoms with Gasteiger partial charge in [0.25, 0.3) is 10.1 Å². The van der Waals surface area contributed by atoms with Crippen molar-refractivity contribution in [2.75, 3.05) is 13.2 Å². The molecule has 0 spiro atoms. The SMILES string of the molecule is C=C(CO)[C@H](c1ccccc1)[C@@H](COS(=O)(=O)c1ccc(C)cc1)O[C@H](C)c1cc(C(F)(F)F)cc(C(F)(F)F)c1. The van der Waals surface area contributed by atoms with E-state index in [1.165, 1.54) is 19.1 Å². The van der Waals surface area contributed by atoms with Crippen LogP contribution in [0, 0.1) is 6.92 Å². The number of hydrogen-bond donors (Lipinski definition) is 1. The van der Waals surface area contributed by atoms with Crippen LogP contribution in [-0.2, 0) is 31.4 Å². The van der Waals surface area contributed by atoms with Crippen LogP contribution in [0.2, 0.25) is 0 Å². The van der Waals surface area contributed by atoms with Gasteiger partial charge in [-0.25, -0.2) is 0 Å². The van der Waals surface area contributed by atoms with E-state index in [4.69, 9.17) is 8.92 Å². The van der Waals surface area contributed by atoms with Gasteiger partial charge < -0.3 is 9.84 Å². The van der Waals surface area contributed by atoms with E-state index in [0.717, 1.165) is 5.56 Å². The maximum Gasteiger partial charge on any atom is 0.416 e. The predicted molar refractivity (Wildman–Crippen MR) is 139 cm³/mol. The lowest BCUT2D eigenvalue weighted by Crippen LogP contribution is -2.32. The van der Waals surface area contributed by atoms with E-state index < -0.39 is 70.5 Å². The number of aryl methyl sites for hydroxylation is 1. The number of alkyl halides is 6. The largest absolute Gasteiger partial charge is 0.416 e. The van der Waals surface area contributed by atoms with E-state index in [1.807, 2.05) is 0 Å². The van der Waals surface area contributed by atoms with Gasteiger partial charge in [-0.2, -0.15) is 34.8 Å². The van der Waals surface area contributed by atoms with Crippen LogP contribution < -0.4 is 0 Å². The summed E-state index contributed by atoms with van der Waals surface area (Å²) in [5, 5.41) is 9.89. The van der Waals surface area contributed by atoms with E-state index in [0.29, 0.717) is 17.7 Å². The van der Waals surface area contributed by atoms with E-state index in [-0.39, 0.29) is 16.5 Å². The second-order valence-corrected chi connectivity index (χ2v) is 11.0. The molecule has 41 heavy (non-hydrogen) atoms. The zero-order valence-electron chi connectivity index (χ0n) is 22.0. The lowest BCUT2D eigenvalue weighted by Gasteiger charge is -2.31. The van der Waals surface area contributed by atoms with Gasteiger partial charge in [-0.05, 0) is 60.9 Å². The Labute approximate surface area is 234 Å². The summed E-state index contributed by atoms with van der Waals surface area (Å²) in [5.74, 6) is -0.940. The van der Waals surface area contributed by atoms with Gasteiger partial charge in [-0.15, -0.1) is 0 Å². The number of halogens is 6. The number of rotatable bonds is 11. The van der Waals surface area contributed by atoms with Crippen molar-refractivity contribution >= 4 is 10.1 Å². The standard InChI is InChI=1S/C29H28F6O5S/c1-18-9-11-25(12-10-18)41(37,38)39-17-26(27(19(2)16-36)21-7-5-4-6-8-21)40-20(3)22-13-23(28(30,31)32)15-24(14-22)29(33,34)35/h4-15,20,26-27,36H,2,16-17H2,1,3H3/t20-,26-,27-/m1/s1. The molecule has 3 aromatic carbocycles. The van der Waals surface area contributed by atoms with Gasteiger partial charge in [0.05, 0.1) is 41.4 Å². The van der Waals surface area contributed by atoms with Crippen LogP contribution in [0.25, 0.3) is 0 Å². The highest BCUT2D eigenvalue weighted by Gasteiger charge is 2.38. The van der Waals surface area contributed by atoms with Crippen molar-refractivity contribution in [3.05, 3.63) is 113 Å². The zero-order chi connectivity index (χ0) is 30.6. The third kappa shape index (κ3) is 8.41. The molecule has 0 fully saturated rings. The molecule has 0 heterocycles. The highest BCUT2D eigenvalue weighted by molar-refractivity contribution is 7.86. The van der Waals surface area contributed by atoms with E-state index in [1.54, 1.807) is 49.4 Å². The van der Waals surface area contributed by atoms with Gasteiger partial charge in [-0.1, -0.05) is 54.6 Å². The summed E-state index contributed by atoms with van der Waals surface area (Å²) in [6.45, 7) is 5.56. The lowest BCUT2D eigenvalue weighted by molar-refractivity contribution is -0.143. The number of benzene rings is 3. The maximum absolute atomic E-state index is 13.5. The summed E-state index contributed by atoms with van der Waals surface area (Å²) in [6.07, 6.45) is -12.8. The molecule has 222 valence electrons.